The number of rotatable bonds is 4. The van der Waals surface area contributed by atoms with E-state index < -0.39 is 0 Å². The van der Waals surface area contributed by atoms with Crippen LogP contribution < -0.4 is 15.8 Å². The Balaban J connectivity index is 1.93. The van der Waals surface area contributed by atoms with Crippen molar-refractivity contribution in [3.63, 3.8) is 0 Å². The number of benzene rings is 1. The van der Waals surface area contributed by atoms with Gasteiger partial charge >= 0.3 is 0 Å². The van der Waals surface area contributed by atoms with Gasteiger partial charge in [0.2, 0.25) is 0 Å². The topological polar surface area (TPSA) is 59.6 Å². The van der Waals surface area contributed by atoms with Crippen LogP contribution in [0.2, 0.25) is 0 Å². The van der Waals surface area contributed by atoms with Crippen molar-refractivity contribution >= 4 is 5.96 Å². The van der Waals surface area contributed by atoms with Crippen LogP contribution in [-0.2, 0) is 6.54 Å². The lowest BCUT2D eigenvalue weighted by Gasteiger charge is -2.07. The molecule has 4 nitrogen and oxygen atoms in total. The van der Waals surface area contributed by atoms with E-state index in [1.807, 2.05) is 24.3 Å². The molecule has 2 atom stereocenters. The number of para-hydroxylation sites is 1. The van der Waals surface area contributed by atoms with E-state index in [-0.39, 0.29) is 0 Å². The number of ether oxygens (including phenoxy) is 1. The van der Waals surface area contributed by atoms with Gasteiger partial charge < -0.3 is 15.8 Å². The second-order valence-electron chi connectivity index (χ2n) is 4.48. The maximum atomic E-state index is 5.81. The van der Waals surface area contributed by atoms with Crippen LogP contribution in [0.3, 0.4) is 0 Å². The predicted molar refractivity (Wildman–Crippen MR) is 69.0 cm³/mol. The van der Waals surface area contributed by atoms with Gasteiger partial charge in [-0.15, -0.1) is 0 Å². The van der Waals surface area contributed by atoms with Crippen molar-refractivity contribution in [2.75, 3.05) is 7.11 Å². The number of aliphatic imine (C=N–C) groups is 1. The Morgan fingerprint density at radius 1 is 1.53 bits per heavy atom. The fourth-order valence-electron chi connectivity index (χ4n) is 1.76. The third-order valence-corrected chi connectivity index (χ3v) is 3.06. The van der Waals surface area contributed by atoms with Gasteiger partial charge in [-0.3, -0.25) is 0 Å². The Kier molecular flexibility index (Phi) is 3.52. The molecule has 1 fully saturated rings. The predicted octanol–water partition coefficient (Wildman–Crippen LogP) is 1.51. The summed E-state index contributed by atoms with van der Waals surface area (Å²) in [4.78, 5) is 4.32. The molecule has 0 radical (unpaired) electrons. The molecule has 1 aromatic rings. The van der Waals surface area contributed by atoms with Crippen LogP contribution in [0.25, 0.3) is 0 Å². The maximum Gasteiger partial charge on any atom is 0.189 e. The first-order valence-electron chi connectivity index (χ1n) is 5.89. The number of nitrogens with one attached hydrogen (secondary N) is 1. The van der Waals surface area contributed by atoms with Crippen molar-refractivity contribution in [2.45, 2.75) is 25.9 Å². The average molecular weight is 233 g/mol. The highest BCUT2D eigenvalue weighted by atomic mass is 16.5. The van der Waals surface area contributed by atoms with E-state index in [1.165, 1.54) is 6.42 Å². The number of hydrogen-bond acceptors (Lipinski definition) is 2. The first-order valence-corrected chi connectivity index (χ1v) is 5.89. The Labute approximate surface area is 102 Å². The fourth-order valence-corrected chi connectivity index (χ4v) is 1.76. The molecule has 0 aliphatic heterocycles. The van der Waals surface area contributed by atoms with Crippen LogP contribution in [0, 0.1) is 5.92 Å². The van der Waals surface area contributed by atoms with Gasteiger partial charge in [-0.2, -0.15) is 0 Å². The van der Waals surface area contributed by atoms with E-state index in [1.54, 1.807) is 7.11 Å². The second-order valence-corrected chi connectivity index (χ2v) is 4.48. The zero-order chi connectivity index (χ0) is 12.3. The summed E-state index contributed by atoms with van der Waals surface area (Å²) in [6.07, 6.45) is 1.19. The van der Waals surface area contributed by atoms with Crippen LogP contribution in [0.4, 0.5) is 0 Å². The van der Waals surface area contributed by atoms with Crippen molar-refractivity contribution in [1.29, 1.82) is 0 Å². The molecule has 3 N–H and O–H groups in total. The van der Waals surface area contributed by atoms with Gasteiger partial charge in [0.25, 0.3) is 0 Å². The third-order valence-electron chi connectivity index (χ3n) is 3.06. The molecule has 4 heteroatoms. The molecule has 92 valence electrons. The molecule has 1 aliphatic rings. The van der Waals surface area contributed by atoms with Crippen molar-refractivity contribution in [3.05, 3.63) is 29.8 Å². The van der Waals surface area contributed by atoms with Crippen molar-refractivity contribution in [1.82, 2.24) is 5.32 Å². The van der Waals surface area contributed by atoms with Gasteiger partial charge in [-0.25, -0.2) is 4.99 Å². The molecule has 1 aliphatic carbocycles. The zero-order valence-electron chi connectivity index (χ0n) is 10.3. The Hall–Kier alpha value is -1.71. The van der Waals surface area contributed by atoms with Crippen LogP contribution >= 0.6 is 0 Å². The molecule has 0 amide bonds. The molecule has 0 heterocycles. The van der Waals surface area contributed by atoms with Crippen LogP contribution in [0.1, 0.15) is 18.9 Å². The van der Waals surface area contributed by atoms with E-state index in [9.17, 15) is 0 Å². The Bertz CT molecular complexity index is 417. The molecule has 1 saturated carbocycles. The number of nitrogens with two attached hydrogens (primary N) is 1. The van der Waals surface area contributed by atoms with Crippen molar-refractivity contribution in [2.24, 2.45) is 16.6 Å². The largest absolute Gasteiger partial charge is 0.496 e. The molecule has 2 rings (SSSR count). The maximum absolute atomic E-state index is 5.81. The van der Waals surface area contributed by atoms with E-state index in [0.29, 0.717) is 18.5 Å². The van der Waals surface area contributed by atoms with E-state index in [4.69, 9.17) is 10.5 Å². The molecule has 17 heavy (non-hydrogen) atoms. The number of guanidine groups is 1. The van der Waals surface area contributed by atoms with Gasteiger partial charge in [-0.05, 0) is 18.4 Å². The first-order chi connectivity index (χ1) is 8.20. The summed E-state index contributed by atoms with van der Waals surface area (Å²) in [5.41, 5.74) is 6.86. The second kappa shape index (κ2) is 5.08. The lowest BCUT2D eigenvalue weighted by Crippen LogP contribution is -2.34. The van der Waals surface area contributed by atoms with Gasteiger partial charge in [0.05, 0.1) is 13.7 Å². The highest BCUT2D eigenvalue weighted by Crippen LogP contribution is 2.28. The highest BCUT2D eigenvalue weighted by molar-refractivity contribution is 5.78. The van der Waals surface area contributed by atoms with Gasteiger partial charge in [0.1, 0.15) is 5.75 Å². The first kappa shape index (κ1) is 11.8. The average Bonchev–Trinajstić information content (AvgIpc) is 3.02. The molecule has 0 spiro atoms. The lowest BCUT2D eigenvalue weighted by atomic mass is 10.2. The van der Waals surface area contributed by atoms with Gasteiger partial charge in [-0.1, -0.05) is 25.1 Å². The molecule has 0 bridgehead atoms. The Morgan fingerprint density at radius 3 is 2.88 bits per heavy atom. The summed E-state index contributed by atoms with van der Waals surface area (Å²) < 4.78 is 5.26. The molecule has 0 unspecified atom stereocenters. The number of methoxy groups -OCH3 is 1. The van der Waals surface area contributed by atoms with Crippen LogP contribution in [0.15, 0.2) is 29.3 Å². The quantitative estimate of drug-likeness (QED) is 0.612. The third kappa shape index (κ3) is 3.12. The summed E-state index contributed by atoms with van der Waals surface area (Å²) in [6, 6.07) is 8.35. The standard InChI is InChI=1S/C13H19N3O/c1-9-7-11(9)16-13(14)15-8-10-5-3-4-6-12(10)17-2/h3-6,9,11H,7-8H2,1-2H3,(H3,14,15,16)/t9-,11-/m1/s1. The van der Waals surface area contributed by atoms with Gasteiger partial charge in [0, 0.05) is 11.6 Å². The van der Waals surface area contributed by atoms with Gasteiger partial charge in [0.15, 0.2) is 5.96 Å². The summed E-state index contributed by atoms with van der Waals surface area (Å²) in [5.74, 6) is 2.09. The Morgan fingerprint density at radius 2 is 2.24 bits per heavy atom. The van der Waals surface area contributed by atoms with E-state index >= 15 is 0 Å². The van der Waals surface area contributed by atoms with Crippen molar-refractivity contribution in [3.8, 4) is 5.75 Å². The SMILES string of the molecule is COc1ccccc1CN=C(N)N[C@@H]1C[C@H]1C. The minimum atomic E-state index is 0.511. The summed E-state index contributed by atoms with van der Waals surface area (Å²) in [6.45, 7) is 2.75. The summed E-state index contributed by atoms with van der Waals surface area (Å²) in [5, 5.41) is 3.20. The highest BCUT2D eigenvalue weighted by Gasteiger charge is 2.32. The molecule has 0 aromatic heterocycles. The fraction of sp³-hybridized carbons (Fsp3) is 0.462. The van der Waals surface area contributed by atoms with E-state index in [2.05, 4.69) is 17.2 Å². The number of hydrogen-bond donors (Lipinski definition) is 2. The van der Waals surface area contributed by atoms with Crippen molar-refractivity contribution < 1.29 is 4.74 Å². The molecule has 1 aromatic carbocycles. The van der Waals surface area contributed by atoms with E-state index in [0.717, 1.165) is 17.2 Å². The van der Waals surface area contributed by atoms with Crippen LogP contribution in [0.5, 0.6) is 5.75 Å². The monoisotopic (exact) mass is 233 g/mol. The minimum Gasteiger partial charge on any atom is -0.496 e. The summed E-state index contributed by atoms with van der Waals surface area (Å²) >= 11 is 0. The normalized spacial score (nSPS) is 23.3. The molecule has 0 saturated heterocycles. The van der Waals surface area contributed by atoms with Crippen LogP contribution in [-0.4, -0.2) is 19.1 Å². The minimum absolute atomic E-state index is 0.511. The molecular weight excluding hydrogens is 214 g/mol. The zero-order valence-corrected chi connectivity index (χ0v) is 10.3. The number of nitrogens with zero attached hydrogens (tertiary/aromatic N) is 1. The molecular formula is C13H19N3O. The summed E-state index contributed by atoms with van der Waals surface area (Å²) in [7, 11) is 1.66. The smallest absolute Gasteiger partial charge is 0.189 e. The lowest BCUT2D eigenvalue weighted by molar-refractivity contribution is 0.410.